The van der Waals surface area contributed by atoms with Crippen LogP contribution in [-0.2, 0) is 11.2 Å². The van der Waals surface area contributed by atoms with Gasteiger partial charge in [0.1, 0.15) is 0 Å². The van der Waals surface area contributed by atoms with Gasteiger partial charge in [-0.25, -0.2) is 0 Å². The fourth-order valence-corrected chi connectivity index (χ4v) is 2.51. The molecule has 0 saturated carbocycles. The highest BCUT2D eigenvalue weighted by Crippen LogP contribution is 2.04. The monoisotopic (exact) mass is 291 g/mol. The predicted molar refractivity (Wildman–Crippen MR) is 88.1 cm³/mol. The minimum absolute atomic E-state index is 0.0775. The van der Waals surface area contributed by atoms with Crippen molar-refractivity contribution in [3.05, 3.63) is 35.9 Å². The molecule has 0 saturated heterocycles. The van der Waals surface area contributed by atoms with Gasteiger partial charge in [-0.3, -0.25) is 9.69 Å². The van der Waals surface area contributed by atoms with Crippen LogP contribution in [0.5, 0.6) is 0 Å². The Morgan fingerprint density at radius 2 is 1.71 bits per heavy atom. The number of carbonyl (C=O) groups is 1. The summed E-state index contributed by atoms with van der Waals surface area (Å²) in [6.45, 7) is 10.2. The van der Waals surface area contributed by atoms with Gasteiger partial charge in [0, 0.05) is 25.2 Å². The van der Waals surface area contributed by atoms with Crippen LogP contribution in [0.4, 0.5) is 0 Å². The summed E-state index contributed by atoms with van der Waals surface area (Å²) < 4.78 is 0. The molecule has 1 aromatic carbocycles. The van der Waals surface area contributed by atoms with Crippen LogP contribution in [-0.4, -0.2) is 42.0 Å². The van der Waals surface area contributed by atoms with Gasteiger partial charge in [0.25, 0.3) is 0 Å². The molecule has 118 valence electrons. The average Bonchev–Trinajstić information content (AvgIpc) is 2.43. The van der Waals surface area contributed by atoms with Crippen molar-refractivity contribution >= 4 is 5.91 Å². The Morgan fingerprint density at radius 1 is 1.14 bits per heavy atom. The first-order chi connectivity index (χ1) is 9.91. The van der Waals surface area contributed by atoms with Crippen LogP contribution in [0.15, 0.2) is 30.3 Å². The van der Waals surface area contributed by atoms with Crippen molar-refractivity contribution in [1.82, 2.24) is 10.2 Å². The number of hydrogen-bond acceptors (Lipinski definition) is 3. The molecule has 4 nitrogen and oxygen atoms in total. The zero-order chi connectivity index (χ0) is 15.8. The number of nitrogens with one attached hydrogen (secondary N) is 1. The molecule has 0 spiro atoms. The summed E-state index contributed by atoms with van der Waals surface area (Å²) in [6.07, 6.45) is 0.574. The number of nitrogens with two attached hydrogens (primary N) is 1. The maximum absolute atomic E-state index is 12.0. The number of amides is 1. The molecule has 21 heavy (non-hydrogen) atoms. The molecule has 3 N–H and O–H groups in total. The summed E-state index contributed by atoms with van der Waals surface area (Å²) in [5.74, 6) is -0.0775. The highest BCUT2D eigenvalue weighted by molar-refractivity contribution is 5.81. The minimum atomic E-state index is -0.487. The third kappa shape index (κ3) is 6.27. The zero-order valence-corrected chi connectivity index (χ0v) is 13.7. The molecule has 1 aromatic rings. The van der Waals surface area contributed by atoms with Crippen molar-refractivity contribution in [3.63, 3.8) is 0 Å². The minimum Gasteiger partial charge on any atom is -0.353 e. The van der Waals surface area contributed by atoms with E-state index in [1.807, 2.05) is 30.3 Å². The molecular formula is C17H29N3O. The molecule has 0 heterocycles. The number of hydrogen-bond donors (Lipinski definition) is 2. The van der Waals surface area contributed by atoms with E-state index in [1.54, 1.807) is 0 Å². The summed E-state index contributed by atoms with van der Waals surface area (Å²) in [4.78, 5) is 14.4. The lowest BCUT2D eigenvalue weighted by atomic mass is 10.1. The summed E-state index contributed by atoms with van der Waals surface area (Å²) >= 11 is 0. The average molecular weight is 291 g/mol. The van der Waals surface area contributed by atoms with Crippen LogP contribution in [0.1, 0.15) is 33.3 Å². The molecule has 1 rings (SSSR count). The Bertz CT molecular complexity index is 409. The summed E-state index contributed by atoms with van der Waals surface area (Å²) in [7, 11) is 0. The van der Waals surface area contributed by atoms with E-state index in [0.717, 1.165) is 12.1 Å². The smallest absolute Gasteiger partial charge is 0.237 e. The lowest BCUT2D eigenvalue weighted by Gasteiger charge is -2.30. The zero-order valence-electron chi connectivity index (χ0n) is 13.7. The van der Waals surface area contributed by atoms with Crippen molar-refractivity contribution < 1.29 is 4.79 Å². The third-order valence-corrected chi connectivity index (χ3v) is 3.63. The maximum Gasteiger partial charge on any atom is 0.237 e. The van der Waals surface area contributed by atoms with Crippen molar-refractivity contribution in [2.24, 2.45) is 5.73 Å². The Balaban J connectivity index is 2.36. The topological polar surface area (TPSA) is 58.4 Å². The fraction of sp³-hybridized carbons (Fsp3) is 0.588. The van der Waals surface area contributed by atoms with Crippen LogP contribution in [0, 0.1) is 0 Å². The van der Waals surface area contributed by atoms with Crippen LogP contribution in [0.2, 0.25) is 0 Å². The van der Waals surface area contributed by atoms with E-state index in [9.17, 15) is 4.79 Å². The highest BCUT2D eigenvalue weighted by Gasteiger charge is 2.16. The molecule has 0 aliphatic rings. The summed E-state index contributed by atoms with van der Waals surface area (Å²) in [5, 5.41) is 2.94. The molecule has 4 heteroatoms. The third-order valence-electron chi connectivity index (χ3n) is 3.63. The highest BCUT2D eigenvalue weighted by atomic mass is 16.2. The lowest BCUT2D eigenvalue weighted by molar-refractivity contribution is -0.122. The van der Waals surface area contributed by atoms with Gasteiger partial charge < -0.3 is 11.1 Å². The van der Waals surface area contributed by atoms with Crippen LogP contribution < -0.4 is 11.1 Å². The molecule has 1 atom stereocenters. The number of nitrogens with zero attached hydrogens (tertiary/aromatic N) is 1. The molecule has 0 aliphatic heterocycles. The molecule has 0 aromatic heterocycles. The van der Waals surface area contributed by atoms with Crippen molar-refractivity contribution in [1.29, 1.82) is 0 Å². The fourth-order valence-electron chi connectivity index (χ4n) is 2.51. The molecule has 0 aliphatic carbocycles. The second-order valence-corrected chi connectivity index (χ2v) is 6.01. The van der Waals surface area contributed by atoms with Gasteiger partial charge in [-0.1, -0.05) is 30.3 Å². The predicted octanol–water partition coefficient (Wildman–Crippen LogP) is 1.79. The molecule has 0 unspecified atom stereocenters. The van der Waals surface area contributed by atoms with E-state index in [0.29, 0.717) is 25.0 Å². The molecule has 1 amide bonds. The van der Waals surface area contributed by atoms with E-state index >= 15 is 0 Å². The number of rotatable bonds is 8. The normalized spacial score (nSPS) is 13.0. The SMILES string of the molecule is CC(C)N(CCNC(=O)[C@H](N)Cc1ccccc1)C(C)C. The quantitative estimate of drug-likeness (QED) is 0.768. The van der Waals surface area contributed by atoms with Gasteiger partial charge in [0.2, 0.25) is 5.91 Å². The van der Waals surface area contributed by atoms with Gasteiger partial charge in [-0.2, -0.15) is 0 Å². The van der Waals surface area contributed by atoms with Crippen molar-refractivity contribution in [3.8, 4) is 0 Å². The number of benzene rings is 1. The van der Waals surface area contributed by atoms with Gasteiger partial charge in [0.05, 0.1) is 6.04 Å². The van der Waals surface area contributed by atoms with Gasteiger partial charge in [-0.05, 0) is 39.7 Å². The van der Waals surface area contributed by atoms with Gasteiger partial charge in [0.15, 0.2) is 0 Å². The Kier molecular flexibility index (Phi) is 7.40. The Labute approximate surface area is 128 Å². The van der Waals surface area contributed by atoms with Crippen molar-refractivity contribution in [2.75, 3.05) is 13.1 Å². The van der Waals surface area contributed by atoms with Crippen LogP contribution >= 0.6 is 0 Å². The molecule has 0 fully saturated rings. The molecule has 0 bridgehead atoms. The van der Waals surface area contributed by atoms with E-state index in [2.05, 4.69) is 37.9 Å². The second-order valence-electron chi connectivity index (χ2n) is 6.01. The number of carbonyl (C=O) groups excluding carboxylic acids is 1. The van der Waals surface area contributed by atoms with E-state index in [-0.39, 0.29) is 5.91 Å². The van der Waals surface area contributed by atoms with Crippen LogP contribution in [0.3, 0.4) is 0 Å². The van der Waals surface area contributed by atoms with Gasteiger partial charge >= 0.3 is 0 Å². The second kappa shape index (κ2) is 8.80. The summed E-state index contributed by atoms with van der Waals surface area (Å²) in [5.41, 5.74) is 7.05. The van der Waals surface area contributed by atoms with Gasteiger partial charge in [-0.15, -0.1) is 0 Å². The standard InChI is InChI=1S/C17H29N3O/c1-13(2)20(14(3)4)11-10-19-17(21)16(18)12-15-8-6-5-7-9-15/h5-9,13-14,16H,10-12,18H2,1-4H3,(H,19,21)/t16-/m1/s1. The van der Waals surface area contributed by atoms with Crippen molar-refractivity contribution in [2.45, 2.75) is 52.2 Å². The Morgan fingerprint density at radius 3 is 2.24 bits per heavy atom. The first-order valence-corrected chi connectivity index (χ1v) is 7.74. The largest absolute Gasteiger partial charge is 0.353 e. The Hall–Kier alpha value is -1.39. The first-order valence-electron chi connectivity index (χ1n) is 7.74. The molecular weight excluding hydrogens is 262 g/mol. The van der Waals surface area contributed by atoms with E-state index in [4.69, 9.17) is 5.73 Å². The maximum atomic E-state index is 12.0. The first kappa shape index (κ1) is 17.7. The van der Waals surface area contributed by atoms with E-state index in [1.165, 1.54) is 0 Å². The van der Waals surface area contributed by atoms with E-state index < -0.39 is 6.04 Å². The van der Waals surface area contributed by atoms with Crippen LogP contribution in [0.25, 0.3) is 0 Å². The lowest BCUT2D eigenvalue weighted by Crippen LogP contribution is -2.47. The summed E-state index contributed by atoms with van der Waals surface area (Å²) in [6, 6.07) is 10.3. The molecule has 0 radical (unpaired) electrons.